The summed E-state index contributed by atoms with van der Waals surface area (Å²) in [5.41, 5.74) is 1.04. The van der Waals surface area contributed by atoms with E-state index in [9.17, 15) is 18.4 Å². The summed E-state index contributed by atoms with van der Waals surface area (Å²) in [6, 6.07) is 1.59. The molecule has 0 bridgehead atoms. The van der Waals surface area contributed by atoms with E-state index in [0.29, 0.717) is 0 Å². The molecule has 0 spiro atoms. The fourth-order valence-corrected chi connectivity index (χ4v) is 1.47. The maximum Gasteiger partial charge on any atom is 0.326 e. The van der Waals surface area contributed by atoms with Crippen LogP contribution < -0.4 is 5.32 Å². The minimum Gasteiger partial charge on any atom is -0.480 e. The molecule has 1 heterocycles. The van der Waals surface area contributed by atoms with Crippen LogP contribution in [-0.2, 0) is 11.8 Å². The number of aromatic nitrogens is 1. The highest BCUT2D eigenvalue weighted by molar-refractivity contribution is 5.95. The zero-order valence-electron chi connectivity index (χ0n) is 9.98. The van der Waals surface area contributed by atoms with Gasteiger partial charge in [0.2, 0.25) is 6.43 Å². The van der Waals surface area contributed by atoms with Crippen molar-refractivity contribution < 1.29 is 23.5 Å². The summed E-state index contributed by atoms with van der Waals surface area (Å²) in [6.07, 6.45) is -3.70. The van der Waals surface area contributed by atoms with Gasteiger partial charge in [0.05, 0.1) is 0 Å². The van der Waals surface area contributed by atoms with E-state index in [1.54, 1.807) is 24.6 Å². The molecule has 0 aromatic carbocycles. The molecule has 1 atom stereocenters. The van der Waals surface area contributed by atoms with Crippen LogP contribution in [0.2, 0.25) is 0 Å². The number of carboxylic acids is 1. The molecule has 18 heavy (non-hydrogen) atoms. The number of hydrogen-bond acceptors (Lipinski definition) is 2. The average Bonchev–Trinajstić information content (AvgIpc) is 2.58. The van der Waals surface area contributed by atoms with E-state index in [1.165, 1.54) is 6.07 Å². The highest BCUT2D eigenvalue weighted by Crippen LogP contribution is 2.08. The largest absolute Gasteiger partial charge is 0.480 e. The van der Waals surface area contributed by atoms with Gasteiger partial charge in [-0.25, -0.2) is 13.6 Å². The highest BCUT2D eigenvalue weighted by Gasteiger charge is 2.25. The standard InChI is InChI=1S/C11H14F2N2O3/c1-6-3-4-8(15(6)2)10(16)14-7(11(17)18)5-9(12)13/h3-4,7,9H,5H2,1-2H3,(H,14,16)(H,17,18). The van der Waals surface area contributed by atoms with Gasteiger partial charge in [-0.3, -0.25) is 4.79 Å². The van der Waals surface area contributed by atoms with Gasteiger partial charge in [0.1, 0.15) is 11.7 Å². The lowest BCUT2D eigenvalue weighted by Gasteiger charge is -2.14. The Morgan fingerprint density at radius 3 is 2.44 bits per heavy atom. The molecule has 0 radical (unpaired) electrons. The minimum absolute atomic E-state index is 0.230. The Hall–Kier alpha value is -1.92. The lowest BCUT2D eigenvalue weighted by atomic mass is 10.2. The van der Waals surface area contributed by atoms with Crippen molar-refractivity contribution in [1.29, 1.82) is 0 Å². The van der Waals surface area contributed by atoms with Gasteiger partial charge in [-0.15, -0.1) is 0 Å². The molecule has 0 aliphatic carbocycles. The number of rotatable bonds is 5. The van der Waals surface area contributed by atoms with Crippen LogP contribution >= 0.6 is 0 Å². The predicted octanol–water partition coefficient (Wildman–Crippen LogP) is 1.17. The number of nitrogens with one attached hydrogen (secondary N) is 1. The number of carbonyl (C=O) groups is 2. The molecule has 0 saturated heterocycles. The minimum atomic E-state index is -2.79. The van der Waals surface area contributed by atoms with Gasteiger partial charge < -0.3 is 15.0 Å². The predicted molar refractivity (Wildman–Crippen MR) is 59.7 cm³/mol. The number of alkyl halides is 2. The van der Waals surface area contributed by atoms with Crippen LogP contribution in [0.1, 0.15) is 22.6 Å². The van der Waals surface area contributed by atoms with Gasteiger partial charge in [-0.2, -0.15) is 0 Å². The van der Waals surface area contributed by atoms with Crippen LogP contribution in [0.4, 0.5) is 8.78 Å². The molecule has 2 N–H and O–H groups in total. The Morgan fingerprint density at radius 2 is 2.06 bits per heavy atom. The number of carbonyl (C=O) groups excluding carboxylic acids is 1. The highest BCUT2D eigenvalue weighted by atomic mass is 19.3. The molecule has 1 aromatic rings. The first-order valence-electron chi connectivity index (χ1n) is 5.27. The van der Waals surface area contributed by atoms with E-state index in [1.807, 2.05) is 0 Å². The summed E-state index contributed by atoms with van der Waals surface area (Å²) in [6.45, 7) is 1.77. The molecule has 1 unspecified atom stereocenters. The van der Waals surface area contributed by atoms with E-state index in [2.05, 4.69) is 5.32 Å². The SMILES string of the molecule is Cc1ccc(C(=O)NC(CC(F)F)C(=O)O)n1C. The molecule has 1 aromatic heterocycles. The molecule has 0 aliphatic heterocycles. The Morgan fingerprint density at radius 1 is 1.44 bits per heavy atom. The second-order valence-corrected chi connectivity index (χ2v) is 3.91. The quantitative estimate of drug-likeness (QED) is 0.834. The Kier molecular flexibility index (Phi) is 4.41. The number of amides is 1. The van der Waals surface area contributed by atoms with Crippen LogP contribution in [-0.4, -0.2) is 34.0 Å². The number of hydrogen-bond donors (Lipinski definition) is 2. The first-order valence-corrected chi connectivity index (χ1v) is 5.27. The van der Waals surface area contributed by atoms with Crippen molar-refractivity contribution in [2.75, 3.05) is 0 Å². The third kappa shape index (κ3) is 3.28. The fraction of sp³-hybridized carbons (Fsp3) is 0.455. The monoisotopic (exact) mass is 260 g/mol. The topological polar surface area (TPSA) is 71.3 Å². The first kappa shape index (κ1) is 14.1. The molecule has 100 valence electrons. The molecule has 5 nitrogen and oxygen atoms in total. The van der Waals surface area contributed by atoms with Gasteiger partial charge in [-0.1, -0.05) is 0 Å². The van der Waals surface area contributed by atoms with Crippen molar-refractivity contribution in [2.24, 2.45) is 7.05 Å². The van der Waals surface area contributed by atoms with E-state index in [4.69, 9.17) is 5.11 Å². The van der Waals surface area contributed by atoms with Gasteiger partial charge >= 0.3 is 5.97 Å². The zero-order valence-corrected chi connectivity index (χ0v) is 9.98. The van der Waals surface area contributed by atoms with Crippen molar-refractivity contribution in [1.82, 2.24) is 9.88 Å². The molecule has 7 heteroatoms. The van der Waals surface area contributed by atoms with Crippen LogP contribution in [0.25, 0.3) is 0 Å². The van der Waals surface area contributed by atoms with Crippen LogP contribution in [0, 0.1) is 6.92 Å². The average molecular weight is 260 g/mol. The van der Waals surface area contributed by atoms with Crippen LogP contribution in [0.5, 0.6) is 0 Å². The third-order valence-electron chi connectivity index (χ3n) is 2.62. The van der Waals surface area contributed by atoms with E-state index < -0.39 is 30.8 Å². The molecule has 0 fully saturated rings. The van der Waals surface area contributed by atoms with Gasteiger partial charge in [0.15, 0.2) is 0 Å². The molecule has 0 saturated carbocycles. The lowest BCUT2D eigenvalue weighted by molar-refractivity contribution is -0.140. The second kappa shape index (κ2) is 5.61. The maximum absolute atomic E-state index is 12.2. The van der Waals surface area contributed by atoms with E-state index in [0.717, 1.165) is 5.69 Å². The molecular weight excluding hydrogens is 246 g/mol. The van der Waals surface area contributed by atoms with Gasteiger partial charge in [0.25, 0.3) is 5.91 Å². The Labute approximate surface area is 102 Å². The smallest absolute Gasteiger partial charge is 0.326 e. The van der Waals surface area contributed by atoms with Crippen molar-refractivity contribution in [3.8, 4) is 0 Å². The van der Waals surface area contributed by atoms with Gasteiger partial charge in [-0.05, 0) is 19.1 Å². The van der Waals surface area contributed by atoms with Crippen molar-refractivity contribution >= 4 is 11.9 Å². The number of nitrogens with zero attached hydrogens (tertiary/aromatic N) is 1. The summed E-state index contributed by atoms with van der Waals surface area (Å²) >= 11 is 0. The summed E-state index contributed by atoms with van der Waals surface area (Å²) in [4.78, 5) is 22.5. The van der Waals surface area contributed by atoms with Gasteiger partial charge in [0, 0.05) is 19.2 Å². The lowest BCUT2D eigenvalue weighted by Crippen LogP contribution is -2.42. The van der Waals surface area contributed by atoms with E-state index in [-0.39, 0.29) is 5.69 Å². The molecule has 1 rings (SSSR count). The summed E-state index contributed by atoms with van der Waals surface area (Å²) in [7, 11) is 1.63. The van der Waals surface area contributed by atoms with Crippen molar-refractivity contribution in [3.63, 3.8) is 0 Å². The van der Waals surface area contributed by atoms with E-state index >= 15 is 0 Å². The maximum atomic E-state index is 12.2. The summed E-state index contributed by atoms with van der Waals surface area (Å²) in [5.74, 6) is -2.16. The molecular formula is C11H14F2N2O3. The normalized spacial score (nSPS) is 12.5. The number of aliphatic carboxylic acids is 1. The molecule has 1 amide bonds. The van der Waals surface area contributed by atoms with Crippen LogP contribution in [0.15, 0.2) is 12.1 Å². The summed E-state index contributed by atoms with van der Waals surface area (Å²) < 4.78 is 25.9. The number of carboxylic acid groups (broad SMARTS) is 1. The molecule has 0 aliphatic rings. The number of halogens is 2. The van der Waals surface area contributed by atoms with Crippen molar-refractivity contribution in [3.05, 3.63) is 23.5 Å². The Bertz CT molecular complexity index is 457. The number of aryl methyl sites for hydroxylation is 1. The van der Waals surface area contributed by atoms with Crippen LogP contribution in [0.3, 0.4) is 0 Å². The third-order valence-corrected chi connectivity index (χ3v) is 2.62. The zero-order chi connectivity index (χ0) is 13.9. The summed E-state index contributed by atoms with van der Waals surface area (Å²) in [5, 5.41) is 10.8. The Balaban J connectivity index is 2.79. The first-order chi connectivity index (χ1) is 8.32. The van der Waals surface area contributed by atoms with Crippen molar-refractivity contribution in [2.45, 2.75) is 25.8 Å². The fourth-order valence-electron chi connectivity index (χ4n) is 1.47. The second-order valence-electron chi connectivity index (χ2n) is 3.91.